The molecule has 1 amide bonds. The Bertz CT molecular complexity index is 557. The second-order valence-electron chi connectivity index (χ2n) is 4.96. The number of carbonyl (C=O) groups excluding carboxylic acids is 1. The molecule has 0 bridgehead atoms. The smallest absolute Gasteiger partial charge is 0.228 e. The molecule has 1 fully saturated rings. The highest BCUT2D eigenvalue weighted by molar-refractivity contribution is 7.89. The third-order valence-electron chi connectivity index (χ3n) is 3.55. The molecular formula is C14H20N2O3S. The minimum Gasteiger partial charge on any atom is -0.315 e. The van der Waals surface area contributed by atoms with Crippen molar-refractivity contribution in [1.29, 1.82) is 0 Å². The highest BCUT2D eigenvalue weighted by Crippen LogP contribution is 2.16. The molecule has 0 atom stereocenters. The van der Waals surface area contributed by atoms with Crippen LogP contribution in [0, 0.1) is 0 Å². The molecule has 2 rings (SSSR count). The maximum Gasteiger partial charge on any atom is 0.228 e. The molecule has 0 aliphatic carbocycles. The fourth-order valence-electron chi connectivity index (χ4n) is 2.28. The maximum atomic E-state index is 12.1. The highest BCUT2D eigenvalue weighted by atomic mass is 32.2. The minimum atomic E-state index is -3.15. The summed E-state index contributed by atoms with van der Waals surface area (Å²) in [7, 11) is -1.44. The zero-order chi connectivity index (χ0) is 14.6. The number of amides is 1. The summed E-state index contributed by atoms with van der Waals surface area (Å²) in [5.74, 6) is 0.132. The van der Waals surface area contributed by atoms with Gasteiger partial charge in [-0.05, 0) is 25.0 Å². The number of hydrogen-bond acceptors (Lipinski definition) is 3. The fraction of sp³-hybridized carbons (Fsp3) is 0.500. The molecular weight excluding hydrogens is 276 g/mol. The number of hydrogen-bond donors (Lipinski definition) is 0. The molecule has 1 heterocycles. The summed E-state index contributed by atoms with van der Waals surface area (Å²) in [6.45, 7) is 0.809. The van der Waals surface area contributed by atoms with Crippen LogP contribution in [-0.4, -0.2) is 44.5 Å². The lowest BCUT2D eigenvalue weighted by molar-refractivity contribution is -0.118. The summed E-state index contributed by atoms with van der Waals surface area (Å²) < 4.78 is 25.1. The van der Waals surface area contributed by atoms with E-state index in [9.17, 15) is 13.2 Å². The monoisotopic (exact) mass is 296 g/mol. The van der Waals surface area contributed by atoms with Gasteiger partial charge in [-0.15, -0.1) is 0 Å². The van der Waals surface area contributed by atoms with Crippen molar-refractivity contribution in [1.82, 2.24) is 4.31 Å². The lowest BCUT2D eigenvalue weighted by atomic mass is 10.2. The summed E-state index contributed by atoms with van der Waals surface area (Å²) in [5, 5.41) is 0. The topological polar surface area (TPSA) is 57.7 Å². The first-order valence-corrected chi connectivity index (χ1v) is 8.41. The van der Waals surface area contributed by atoms with E-state index in [1.165, 1.54) is 4.31 Å². The van der Waals surface area contributed by atoms with Crippen LogP contribution in [0.4, 0.5) is 5.69 Å². The van der Waals surface area contributed by atoms with Crippen LogP contribution in [0.5, 0.6) is 0 Å². The van der Waals surface area contributed by atoms with Crippen molar-refractivity contribution in [2.45, 2.75) is 19.3 Å². The zero-order valence-corrected chi connectivity index (χ0v) is 12.5. The quantitative estimate of drug-likeness (QED) is 0.845. The minimum absolute atomic E-state index is 0.0722. The number of benzene rings is 1. The summed E-state index contributed by atoms with van der Waals surface area (Å²) in [5.41, 5.74) is 0.819. The van der Waals surface area contributed by atoms with E-state index >= 15 is 0 Å². The van der Waals surface area contributed by atoms with Gasteiger partial charge >= 0.3 is 0 Å². The van der Waals surface area contributed by atoms with Crippen molar-refractivity contribution in [2.24, 2.45) is 0 Å². The lowest BCUT2D eigenvalue weighted by Gasteiger charge is -2.26. The van der Waals surface area contributed by atoms with Crippen molar-refractivity contribution in [2.75, 3.05) is 30.8 Å². The molecule has 0 N–H and O–H groups in total. The molecule has 0 aromatic heterocycles. The third kappa shape index (κ3) is 3.58. The van der Waals surface area contributed by atoms with E-state index in [0.717, 1.165) is 18.5 Å². The van der Waals surface area contributed by atoms with Gasteiger partial charge in [0.05, 0.1) is 5.75 Å². The molecule has 5 nitrogen and oxygen atoms in total. The Morgan fingerprint density at radius 1 is 1.25 bits per heavy atom. The van der Waals surface area contributed by atoms with Crippen LogP contribution in [0.2, 0.25) is 0 Å². The van der Waals surface area contributed by atoms with Gasteiger partial charge < -0.3 is 4.90 Å². The Balaban J connectivity index is 1.92. The molecule has 1 aromatic carbocycles. The van der Waals surface area contributed by atoms with Crippen LogP contribution in [0.1, 0.15) is 19.3 Å². The van der Waals surface area contributed by atoms with Gasteiger partial charge in [-0.1, -0.05) is 18.2 Å². The van der Waals surface area contributed by atoms with Crippen molar-refractivity contribution in [3.8, 4) is 0 Å². The molecule has 20 heavy (non-hydrogen) atoms. The second kappa shape index (κ2) is 6.37. The number of nitrogens with zero attached hydrogens (tertiary/aromatic N) is 2. The number of carbonyl (C=O) groups is 1. The Labute approximate surface area is 120 Å². The molecule has 0 saturated carbocycles. The summed E-state index contributed by atoms with van der Waals surface area (Å²) >= 11 is 0. The summed E-state index contributed by atoms with van der Waals surface area (Å²) in [4.78, 5) is 13.7. The van der Waals surface area contributed by atoms with Crippen LogP contribution in [-0.2, 0) is 14.8 Å². The van der Waals surface area contributed by atoms with Crippen molar-refractivity contribution < 1.29 is 13.2 Å². The van der Waals surface area contributed by atoms with Gasteiger partial charge in [0.2, 0.25) is 15.9 Å². The van der Waals surface area contributed by atoms with E-state index in [1.54, 1.807) is 11.9 Å². The van der Waals surface area contributed by atoms with Crippen molar-refractivity contribution in [3.63, 3.8) is 0 Å². The van der Waals surface area contributed by atoms with Gasteiger partial charge in [-0.25, -0.2) is 12.7 Å². The van der Waals surface area contributed by atoms with Crippen LogP contribution in [0.25, 0.3) is 0 Å². The number of sulfonamides is 1. The third-order valence-corrected chi connectivity index (χ3v) is 5.50. The van der Waals surface area contributed by atoms with E-state index in [0.29, 0.717) is 6.54 Å². The van der Waals surface area contributed by atoms with Crippen LogP contribution in [0.15, 0.2) is 30.3 Å². The van der Waals surface area contributed by atoms with Gasteiger partial charge in [0, 0.05) is 32.2 Å². The average Bonchev–Trinajstić information content (AvgIpc) is 2.45. The fourth-order valence-corrected chi connectivity index (χ4v) is 3.88. The maximum absolute atomic E-state index is 12.1. The molecule has 6 heteroatoms. The number of anilines is 1. The van der Waals surface area contributed by atoms with E-state index < -0.39 is 10.0 Å². The lowest BCUT2D eigenvalue weighted by Crippen LogP contribution is -2.40. The van der Waals surface area contributed by atoms with Gasteiger partial charge in [-0.3, -0.25) is 4.79 Å². The van der Waals surface area contributed by atoms with E-state index in [4.69, 9.17) is 0 Å². The zero-order valence-electron chi connectivity index (χ0n) is 11.7. The highest BCUT2D eigenvalue weighted by Gasteiger charge is 2.26. The van der Waals surface area contributed by atoms with Gasteiger partial charge in [0.1, 0.15) is 0 Å². The van der Waals surface area contributed by atoms with Gasteiger partial charge in [0.15, 0.2) is 0 Å². The Morgan fingerprint density at radius 2 is 1.95 bits per heavy atom. The Morgan fingerprint density at radius 3 is 2.60 bits per heavy atom. The molecule has 1 aliphatic heterocycles. The first-order chi connectivity index (χ1) is 9.50. The summed E-state index contributed by atoms with van der Waals surface area (Å²) in [6, 6.07) is 9.34. The molecule has 0 unspecified atom stereocenters. The first kappa shape index (κ1) is 15.0. The number of rotatable bonds is 4. The van der Waals surface area contributed by atoms with Gasteiger partial charge in [-0.2, -0.15) is 0 Å². The first-order valence-electron chi connectivity index (χ1n) is 6.80. The summed E-state index contributed by atoms with van der Waals surface area (Å²) in [6.07, 6.45) is 1.81. The average molecular weight is 296 g/mol. The van der Waals surface area contributed by atoms with Crippen molar-refractivity contribution in [3.05, 3.63) is 30.3 Å². The largest absolute Gasteiger partial charge is 0.315 e. The Hall–Kier alpha value is -1.40. The predicted molar refractivity (Wildman–Crippen MR) is 79.1 cm³/mol. The van der Waals surface area contributed by atoms with Gasteiger partial charge in [0.25, 0.3) is 0 Å². The molecule has 0 radical (unpaired) electrons. The van der Waals surface area contributed by atoms with E-state index in [2.05, 4.69) is 0 Å². The number of para-hydroxylation sites is 1. The molecule has 1 aliphatic rings. The standard InChI is InChI=1S/C14H20N2O3S/c1-15(13-7-3-2-4-8-13)14(17)9-11-16-10-5-6-12-20(16,18)19/h2-4,7-8H,5-6,9-12H2,1H3. The predicted octanol–water partition coefficient (Wildman–Crippen LogP) is 1.47. The molecule has 1 saturated heterocycles. The second-order valence-corrected chi connectivity index (χ2v) is 7.05. The normalized spacial score (nSPS) is 18.6. The molecule has 1 aromatic rings. The SMILES string of the molecule is CN(C(=O)CCN1CCCCS1(=O)=O)c1ccccc1. The van der Waals surface area contributed by atoms with Crippen LogP contribution >= 0.6 is 0 Å². The molecule has 0 spiro atoms. The Kier molecular flexibility index (Phi) is 4.77. The van der Waals surface area contributed by atoms with Crippen molar-refractivity contribution >= 4 is 21.6 Å². The van der Waals surface area contributed by atoms with Crippen LogP contribution < -0.4 is 4.90 Å². The van der Waals surface area contributed by atoms with Crippen LogP contribution in [0.3, 0.4) is 0 Å². The van der Waals surface area contributed by atoms with E-state index in [-0.39, 0.29) is 24.6 Å². The van der Waals surface area contributed by atoms with E-state index in [1.807, 2.05) is 30.3 Å². The molecule has 110 valence electrons.